The maximum absolute atomic E-state index is 13.6. The minimum absolute atomic E-state index is 0.00272. The van der Waals surface area contributed by atoms with E-state index in [0.717, 1.165) is 0 Å². The fourth-order valence-corrected chi connectivity index (χ4v) is 1.82. The van der Waals surface area contributed by atoms with Crippen LogP contribution in [-0.2, 0) is 17.9 Å². The van der Waals surface area contributed by atoms with Crippen molar-refractivity contribution in [1.82, 2.24) is 5.32 Å². The molecule has 0 saturated carbocycles. The average molecular weight is 292 g/mol. The van der Waals surface area contributed by atoms with Gasteiger partial charge in [0.05, 0.1) is 12.8 Å². The van der Waals surface area contributed by atoms with Crippen molar-refractivity contribution in [3.05, 3.63) is 53.7 Å². The molecule has 1 heterocycles. The van der Waals surface area contributed by atoms with Crippen LogP contribution >= 0.6 is 0 Å². The number of carbonyl (C=O) groups is 1. The van der Waals surface area contributed by atoms with Crippen LogP contribution in [0.5, 0.6) is 5.75 Å². The van der Waals surface area contributed by atoms with Gasteiger partial charge in [-0.25, -0.2) is 4.39 Å². The summed E-state index contributed by atoms with van der Waals surface area (Å²) in [6.45, 7) is 1.86. The Kier molecular flexibility index (Phi) is 4.94. The third-order valence-electron chi connectivity index (χ3n) is 2.97. The van der Waals surface area contributed by atoms with Gasteiger partial charge in [-0.3, -0.25) is 4.79 Å². The topological polar surface area (TPSA) is 77.5 Å². The number of hydrogen-bond acceptors (Lipinski definition) is 4. The van der Waals surface area contributed by atoms with Crippen LogP contribution in [0.15, 0.2) is 41.0 Å². The van der Waals surface area contributed by atoms with Gasteiger partial charge in [0.1, 0.15) is 17.3 Å². The molecule has 0 aliphatic carbocycles. The van der Waals surface area contributed by atoms with Crippen molar-refractivity contribution in [2.45, 2.75) is 26.1 Å². The molecule has 6 heteroatoms. The van der Waals surface area contributed by atoms with Crippen molar-refractivity contribution in [2.75, 3.05) is 0 Å². The highest BCUT2D eigenvalue weighted by Gasteiger charge is 2.17. The van der Waals surface area contributed by atoms with E-state index in [4.69, 9.17) is 14.9 Å². The lowest BCUT2D eigenvalue weighted by Crippen LogP contribution is -2.36. The lowest BCUT2D eigenvalue weighted by atomic mass is 10.2. The first-order chi connectivity index (χ1) is 10.1. The summed E-state index contributed by atoms with van der Waals surface area (Å²) in [7, 11) is 0. The molecule has 1 atom stereocenters. The van der Waals surface area contributed by atoms with Crippen LogP contribution in [0.2, 0.25) is 0 Å². The Labute approximate surface area is 121 Å². The van der Waals surface area contributed by atoms with Gasteiger partial charge in [0.2, 0.25) is 0 Å². The minimum atomic E-state index is -0.771. The maximum atomic E-state index is 13.6. The number of benzene rings is 1. The van der Waals surface area contributed by atoms with Crippen molar-refractivity contribution < 1.29 is 18.3 Å². The molecule has 2 rings (SSSR count). The molecule has 1 amide bonds. The summed E-state index contributed by atoms with van der Waals surface area (Å²) in [4.78, 5) is 11.9. The van der Waals surface area contributed by atoms with Crippen LogP contribution in [0.1, 0.15) is 18.2 Å². The van der Waals surface area contributed by atoms with Gasteiger partial charge in [-0.15, -0.1) is 0 Å². The van der Waals surface area contributed by atoms with E-state index in [2.05, 4.69) is 5.32 Å². The smallest absolute Gasteiger partial charge is 0.261 e. The zero-order valence-corrected chi connectivity index (χ0v) is 11.6. The molecule has 1 aromatic heterocycles. The molecule has 112 valence electrons. The molecule has 1 unspecified atom stereocenters. The van der Waals surface area contributed by atoms with E-state index < -0.39 is 11.9 Å². The van der Waals surface area contributed by atoms with E-state index in [9.17, 15) is 9.18 Å². The number of rotatable bonds is 6. The summed E-state index contributed by atoms with van der Waals surface area (Å²) >= 11 is 0. The molecule has 0 radical (unpaired) electrons. The molecule has 0 aliphatic heterocycles. The van der Waals surface area contributed by atoms with Crippen molar-refractivity contribution in [3.8, 4) is 5.75 Å². The number of halogens is 1. The Morgan fingerprint density at radius 2 is 2.24 bits per heavy atom. The molecule has 1 aromatic carbocycles. The highest BCUT2D eigenvalue weighted by molar-refractivity contribution is 5.80. The second-order valence-electron chi connectivity index (χ2n) is 4.48. The highest BCUT2D eigenvalue weighted by atomic mass is 19.1. The second-order valence-corrected chi connectivity index (χ2v) is 4.48. The second kappa shape index (κ2) is 6.90. The van der Waals surface area contributed by atoms with Gasteiger partial charge in [0, 0.05) is 12.1 Å². The van der Waals surface area contributed by atoms with E-state index in [1.54, 1.807) is 25.1 Å². The fraction of sp³-hybridized carbons (Fsp3) is 0.267. The van der Waals surface area contributed by atoms with Crippen LogP contribution in [0.3, 0.4) is 0 Å². The number of ether oxygens (including phenoxy) is 1. The SMILES string of the molecule is CC(Oc1cccc(F)c1CN)C(=O)NCc1ccco1. The minimum Gasteiger partial charge on any atom is -0.480 e. The molecule has 5 nitrogen and oxygen atoms in total. The van der Waals surface area contributed by atoms with E-state index in [1.807, 2.05) is 0 Å². The number of furan rings is 1. The van der Waals surface area contributed by atoms with Crippen LogP contribution in [0, 0.1) is 5.82 Å². The van der Waals surface area contributed by atoms with Gasteiger partial charge in [0.25, 0.3) is 5.91 Å². The first kappa shape index (κ1) is 15.1. The van der Waals surface area contributed by atoms with Crippen molar-refractivity contribution in [1.29, 1.82) is 0 Å². The molecule has 0 saturated heterocycles. The molecule has 3 N–H and O–H groups in total. The summed E-state index contributed by atoms with van der Waals surface area (Å²) in [5, 5.41) is 2.67. The largest absolute Gasteiger partial charge is 0.480 e. The molecule has 0 bridgehead atoms. The monoisotopic (exact) mass is 292 g/mol. The standard InChI is InChI=1S/C15H17FN2O3/c1-10(15(19)18-9-11-4-3-7-20-11)21-14-6-2-5-13(16)12(14)8-17/h2-7,10H,8-9,17H2,1H3,(H,18,19). The van der Waals surface area contributed by atoms with Crippen molar-refractivity contribution >= 4 is 5.91 Å². The lowest BCUT2D eigenvalue weighted by molar-refractivity contribution is -0.127. The zero-order valence-electron chi connectivity index (χ0n) is 11.6. The van der Waals surface area contributed by atoms with E-state index in [-0.39, 0.29) is 30.3 Å². The Morgan fingerprint density at radius 1 is 1.43 bits per heavy atom. The van der Waals surface area contributed by atoms with E-state index in [1.165, 1.54) is 18.4 Å². The van der Waals surface area contributed by atoms with Gasteiger partial charge in [-0.1, -0.05) is 6.07 Å². The Bertz CT molecular complexity index is 599. The third kappa shape index (κ3) is 3.82. The van der Waals surface area contributed by atoms with Gasteiger partial charge < -0.3 is 20.2 Å². The molecule has 21 heavy (non-hydrogen) atoms. The number of amides is 1. The molecular weight excluding hydrogens is 275 g/mol. The quantitative estimate of drug-likeness (QED) is 0.853. The summed E-state index contributed by atoms with van der Waals surface area (Å²) in [6, 6.07) is 7.89. The molecule has 0 fully saturated rings. The Balaban J connectivity index is 1.96. The molecular formula is C15H17FN2O3. The van der Waals surface area contributed by atoms with E-state index >= 15 is 0 Å². The van der Waals surface area contributed by atoms with Crippen LogP contribution in [0.25, 0.3) is 0 Å². The zero-order chi connectivity index (χ0) is 15.2. The predicted octanol–water partition coefficient (Wildman–Crippen LogP) is 1.96. The van der Waals surface area contributed by atoms with Crippen LogP contribution in [-0.4, -0.2) is 12.0 Å². The number of nitrogens with two attached hydrogens (primary N) is 1. The molecule has 0 aliphatic rings. The first-order valence-electron chi connectivity index (χ1n) is 6.56. The predicted molar refractivity (Wildman–Crippen MR) is 74.9 cm³/mol. The van der Waals surface area contributed by atoms with Crippen LogP contribution < -0.4 is 15.8 Å². The summed E-state index contributed by atoms with van der Waals surface area (Å²) in [6.07, 6.45) is 0.758. The lowest BCUT2D eigenvalue weighted by Gasteiger charge is -2.16. The van der Waals surface area contributed by atoms with Gasteiger partial charge in [0.15, 0.2) is 6.10 Å². The third-order valence-corrected chi connectivity index (χ3v) is 2.97. The summed E-state index contributed by atoms with van der Waals surface area (Å²) < 4.78 is 24.2. The Morgan fingerprint density at radius 3 is 2.90 bits per heavy atom. The number of nitrogens with one attached hydrogen (secondary N) is 1. The Hall–Kier alpha value is -2.34. The molecule has 2 aromatic rings. The maximum Gasteiger partial charge on any atom is 0.261 e. The average Bonchev–Trinajstić information content (AvgIpc) is 2.98. The first-order valence-corrected chi connectivity index (χ1v) is 6.56. The highest BCUT2D eigenvalue weighted by Crippen LogP contribution is 2.22. The fourth-order valence-electron chi connectivity index (χ4n) is 1.82. The van der Waals surface area contributed by atoms with Crippen molar-refractivity contribution in [3.63, 3.8) is 0 Å². The van der Waals surface area contributed by atoms with E-state index in [0.29, 0.717) is 5.76 Å². The normalized spacial score (nSPS) is 12.0. The van der Waals surface area contributed by atoms with Crippen molar-refractivity contribution in [2.24, 2.45) is 5.73 Å². The summed E-state index contributed by atoms with van der Waals surface area (Å²) in [5.41, 5.74) is 5.75. The molecule has 0 spiro atoms. The van der Waals surface area contributed by atoms with Crippen LogP contribution in [0.4, 0.5) is 4.39 Å². The number of hydrogen-bond donors (Lipinski definition) is 2. The van der Waals surface area contributed by atoms with Gasteiger partial charge in [-0.05, 0) is 31.2 Å². The van der Waals surface area contributed by atoms with Gasteiger partial charge >= 0.3 is 0 Å². The number of carbonyl (C=O) groups excluding carboxylic acids is 1. The summed E-state index contributed by atoms with van der Waals surface area (Å²) in [5.74, 6) is 0.152. The van der Waals surface area contributed by atoms with Gasteiger partial charge in [-0.2, -0.15) is 0 Å².